The minimum atomic E-state index is -0.518. The van der Waals surface area contributed by atoms with Crippen LogP contribution in [0.1, 0.15) is 12.5 Å². The molecular formula is C20H17BrClFN2O3. The molecule has 1 heterocycles. The van der Waals surface area contributed by atoms with Crippen molar-refractivity contribution >= 4 is 56.3 Å². The number of carbonyl (C=O) groups excluding carboxylic acids is 1. The number of aromatic nitrogens is 1. The second-order valence-corrected chi connectivity index (χ2v) is 7.12. The first-order valence-corrected chi connectivity index (χ1v) is 9.71. The van der Waals surface area contributed by atoms with E-state index in [1.54, 1.807) is 12.3 Å². The van der Waals surface area contributed by atoms with E-state index in [9.17, 15) is 9.18 Å². The Kier molecular flexibility index (Phi) is 6.70. The largest absolute Gasteiger partial charge is 0.493 e. The van der Waals surface area contributed by atoms with Crippen molar-refractivity contribution in [3.8, 4) is 5.75 Å². The van der Waals surface area contributed by atoms with Crippen molar-refractivity contribution < 1.29 is 18.7 Å². The molecule has 0 unspecified atom stereocenters. The van der Waals surface area contributed by atoms with E-state index in [2.05, 4.69) is 26.2 Å². The molecule has 0 aliphatic carbocycles. The zero-order valence-corrected chi connectivity index (χ0v) is 17.3. The maximum atomic E-state index is 13.9. The number of nitrogens with one attached hydrogen (secondary N) is 1. The molecule has 3 rings (SSSR count). The maximum Gasteiger partial charge on any atom is 0.293 e. The summed E-state index contributed by atoms with van der Waals surface area (Å²) in [5.41, 5.74) is 2.81. The molecule has 0 radical (unpaired) electrons. The van der Waals surface area contributed by atoms with Crippen LogP contribution in [0.25, 0.3) is 10.9 Å². The highest BCUT2D eigenvalue weighted by Crippen LogP contribution is 2.36. The molecule has 3 aromatic rings. The van der Waals surface area contributed by atoms with E-state index in [4.69, 9.17) is 21.1 Å². The van der Waals surface area contributed by atoms with Gasteiger partial charge in [-0.25, -0.2) is 4.39 Å². The fourth-order valence-electron chi connectivity index (χ4n) is 2.77. The van der Waals surface area contributed by atoms with Gasteiger partial charge < -0.3 is 14.8 Å². The van der Waals surface area contributed by atoms with Crippen LogP contribution in [-0.2, 0) is 16.0 Å². The summed E-state index contributed by atoms with van der Waals surface area (Å²) >= 11 is 9.30. The Morgan fingerprint density at radius 2 is 2.14 bits per heavy atom. The Bertz CT molecular complexity index is 1020. The Labute approximate surface area is 174 Å². The topological polar surface area (TPSA) is 60.5 Å². The summed E-state index contributed by atoms with van der Waals surface area (Å²) in [4.78, 5) is 15.0. The highest BCUT2D eigenvalue weighted by molar-refractivity contribution is 9.10. The van der Waals surface area contributed by atoms with Crippen molar-refractivity contribution in [3.63, 3.8) is 0 Å². The predicted molar refractivity (Wildman–Crippen MR) is 111 cm³/mol. The molecule has 0 amide bonds. The number of anilines is 2. The average molecular weight is 468 g/mol. The van der Waals surface area contributed by atoms with Gasteiger partial charge in [0.25, 0.3) is 6.47 Å². The standard InChI is InChI=1S/C20H17BrClFN2O3/c1-2-28-19-9-18-14(8-15(19)21)20(12(10-24-18)5-6-27-11-26)25-13-3-4-16(22)17(23)7-13/h3-4,7-11H,2,5-6H2,1H3,(H,24,25). The van der Waals surface area contributed by atoms with Crippen LogP contribution in [0, 0.1) is 5.82 Å². The van der Waals surface area contributed by atoms with Crippen LogP contribution >= 0.6 is 27.5 Å². The van der Waals surface area contributed by atoms with Crippen molar-refractivity contribution in [2.45, 2.75) is 13.3 Å². The van der Waals surface area contributed by atoms with E-state index >= 15 is 0 Å². The molecule has 0 atom stereocenters. The van der Waals surface area contributed by atoms with Crippen LogP contribution in [0.15, 0.2) is 41.0 Å². The van der Waals surface area contributed by atoms with E-state index in [1.807, 2.05) is 19.1 Å². The summed E-state index contributed by atoms with van der Waals surface area (Å²) in [6.45, 7) is 3.04. The normalized spacial score (nSPS) is 10.7. The molecule has 1 aromatic heterocycles. The van der Waals surface area contributed by atoms with Gasteiger partial charge in [-0.15, -0.1) is 0 Å². The lowest BCUT2D eigenvalue weighted by Gasteiger charge is -2.16. The minimum absolute atomic E-state index is 0.0499. The minimum Gasteiger partial charge on any atom is -0.493 e. The molecule has 1 N–H and O–H groups in total. The lowest BCUT2D eigenvalue weighted by molar-refractivity contribution is -0.128. The van der Waals surface area contributed by atoms with Crippen LogP contribution in [-0.4, -0.2) is 24.7 Å². The number of rotatable bonds is 8. The Morgan fingerprint density at radius 3 is 2.86 bits per heavy atom. The van der Waals surface area contributed by atoms with E-state index in [1.165, 1.54) is 12.1 Å². The summed E-state index contributed by atoms with van der Waals surface area (Å²) < 4.78 is 25.1. The average Bonchev–Trinajstić information content (AvgIpc) is 2.67. The molecule has 0 fully saturated rings. The first-order chi connectivity index (χ1) is 13.5. The Balaban J connectivity index is 2.10. The number of nitrogens with zero attached hydrogens (tertiary/aromatic N) is 1. The number of pyridine rings is 1. The number of hydrogen-bond acceptors (Lipinski definition) is 5. The Hall–Kier alpha value is -2.38. The van der Waals surface area contributed by atoms with Crippen molar-refractivity contribution in [2.24, 2.45) is 0 Å². The summed E-state index contributed by atoms with van der Waals surface area (Å²) in [6.07, 6.45) is 2.15. The molecule has 0 saturated carbocycles. The maximum absolute atomic E-state index is 13.9. The molecular weight excluding hydrogens is 451 g/mol. The second-order valence-electron chi connectivity index (χ2n) is 5.86. The molecule has 28 heavy (non-hydrogen) atoms. The van der Waals surface area contributed by atoms with Gasteiger partial charge in [-0.05, 0) is 52.7 Å². The van der Waals surface area contributed by atoms with E-state index in [-0.39, 0.29) is 11.6 Å². The van der Waals surface area contributed by atoms with Crippen molar-refractivity contribution in [1.29, 1.82) is 0 Å². The SMILES string of the molecule is CCOc1cc2ncc(CCOC=O)c(Nc3ccc(Cl)c(F)c3)c2cc1Br. The summed E-state index contributed by atoms with van der Waals surface area (Å²) in [6, 6.07) is 8.23. The molecule has 0 bridgehead atoms. The summed E-state index contributed by atoms with van der Waals surface area (Å²) in [7, 11) is 0. The van der Waals surface area contributed by atoms with Crippen LogP contribution in [0.3, 0.4) is 0 Å². The highest BCUT2D eigenvalue weighted by Gasteiger charge is 2.14. The number of benzene rings is 2. The lowest BCUT2D eigenvalue weighted by Crippen LogP contribution is -2.04. The molecule has 0 aliphatic heterocycles. The molecule has 5 nitrogen and oxygen atoms in total. The fraction of sp³-hybridized carbons (Fsp3) is 0.200. The van der Waals surface area contributed by atoms with Gasteiger partial charge in [-0.3, -0.25) is 9.78 Å². The van der Waals surface area contributed by atoms with Gasteiger partial charge in [-0.1, -0.05) is 11.6 Å². The molecule has 0 spiro atoms. The van der Waals surface area contributed by atoms with Crippen molar-refractivity contribution in [3.05, 3.63) is 57.4 Å². The number of fused-ring (bicyclic) bond motifs is 1. The third-order valence-electron chi connectivity index (χ3n) is 4.05. The quantitative estimate of drug-likeness (QED) is 0.343. The Morgan fingerprint density at radius 1 is 1.32 bits per heavy atom. The van der Waals surface area contributed by atoms with Crippen molar-refractivity contribution in [1.82, 2.24) is 4.98 Å². The fourth-order valence-corrected chi connectivity index (χ4v) is 3.35. The van der Waals surface area contributed by atoms with Crippen LogP contribution in [0.4, 0.5) is 15.8 Å². The predicted octanol–water partition coefficient (Wildman–Crippen LogP) is 5.65. The number of ether oxygens (including phenoxy) is 2. The first-order valence-electron chi connectivity index (χ1n) is 8.54. The first kappa shape index (κ1) is 20.4. The smallest absolute Gasteiger partial charge is 0.293 e. The van der Waals surface area contributed by atoms with Gasteiger partial charge in [-0.2, -0.15) is 0 Å². The van der Waals surface area contributed by atoms with Crippen LogP contribution < -0.4 is 10.1 Å². The number of hydrogen-bond donors (Lipinski definition) is 1. The second kappa shape index (κ2) is 9.21. The molecule has 2 aromatic carbocycles. The van der Waals surface area contributed by atoms with E-state index < -0.39 is 5.82 Å². The lowest BCUT2D eigenvalue weighted by atomic mass is 10.1. The third kappa shape index (κ3) is 4.54. The van der Waals surface area contributed by atoms with Crippen LogP contribution in [0.5, 0.6) is 5.75 Å². The zero-order chi connectivity index (χ0) is 20.1. The van der Waals surface area contributed by atoms with Gasteiger partial charge in [0, 0.05) is 29.8 Å². The zero-order valence-electron chi connectivity index (χ0n) is 15.0. The van der Waals surface area contributed by atoms with Gasteiger partial charge >= 0.3 is 0 Å². The number of carbonyl (C=O) groups is 1. The summed E-state index contributed by atoms with van der Waals surface area (Å²) in [5, 5.41) is 4.11. The molecule has 0 aliphatic rings. The molecule has 8 heteroatoms. The van der Waals surface area contributed by atoms with Crippen LogP contribution in [0.2, 0.25) is 5.02 Å². The van der Waals surface area contributed by atoms with Crippen molar-refractivity contribution in [2.75, 3.05) is 18.5 Å². The highest BCUT2D eigenvalue weighted by atomic mass is 79.9. The van der Waals surface area contributed by atoms with E-state index in [0.29, 0.717) is 36.5 Å². The molecule has 0 saturated heterocycles. The van der Waals surface area contributed by atoms with E-state index in [0.717, 1.165) is 21.1 Å². The molecule has 146 valence electrons. The van der Waals surface area contributed by atoms with Gasteiger partial charge in [0.05, 0.1) is 33.9 Å². The monoisotopic (exact) mass is 466 g/mol. The van der Waals surface area contributed by atoms with Gasteiger partial charge in [0.15, 0.2) is 0 Å². The third-order valence-corrected chi connectivity index (χ3v) is 4.97. The number of halogens is 3. The van der Waals surface area contributed by atoms with Gasteiger partial charge in [0.1, 0.15) is 11.6 Å². The summed E-state index contributed by atoms with van der Waals surface area (Å²) in [5.74, 6) is 0.165. The van der Waals surface area contributed by atoms with Gasteiger partial charge in [0.2, 0.25) is 0 Å².